The summed E-state index contributed by atoms with van der Waals surface area (Å²) >= 11 is 0. The number of esters is 1. The minimum absolute atomic E-state index is 0.161. The van der Waals surface area contributed by atoms with E-state index in [1.165, 1.54) is 0 Å². The van der Waals surface area contributed by atoms with E-state index in [1.807, 2.05) is 56.3 Å². The smallest absolute Gasteiger partial charge is 0.340 e. The molecule has 154 valence electrons. The van der Waals surface area contributed by atoms with Crippen LogP contribution in [0, 0.1) is 13.8 Å². The zero-order valence-corrected chi connectivity index (χ0v) is 17.5. The lowest BCUT2D eigenvalue weighted by Crippen LogP contribution is -2.08. The van der Waals surface area contributed by atoms with Gasteiger partial charge >= 0.3 is 5.97 Å². The van der Waals surface area contributed by atoms with E-state index in [2.05, 4.69) is 16.1 Å². The summed E-state index contributed by atoms with van der Waals surface area (Å²) < 4.78 is 7.05. The highest BCUT2D eigenvalue weighted by Gasteiger charge is 2.27. The van der Waals surface area contributed by atoms with E-state index in [0.717, 1.165) is 16.8 Å². The van der Waals surface area contributed by atoms with Crippen LogP contribution in [0.1, 0.15) is 28.4 Å². The lowest BCUT2D eigenvalue weighted by atomic mass is 10.1. The second kappa shape index (κ2) is 7.09. The third-order valence-corrected chi connectivity index (χ3v) is 5.62. The Hall–Kier alpha value is -3.93. The third kappa shape index (κ3) is 2.83. The quantitative estimate of drug-likeness (QED) is 0.434. The van der Waals surface area contributed by atoms with Crippen LogP contribution in [-0.4, -0.2) is 27.3 Å². The third-order valence-electron chi connectivity index (χ3n) is 5.62. The number of rotatable bonds is 3. The highest BCUT2D eigenvalue weighted by atomic mass is 16.5. The predicted octanol–water partition coefficient (Wildman–Crippen LogP) is 4.77. The molecule has 0 unspecified atom stereocenters. The fraction of sp³-hybridized carbons (Fsp3) is 0.160. The molecule has 6 nitrogen and oxygen atoms in total. The monoisotopic (exact) mass is 411 g/mol. The van der Waals surface area contributed by atoms with Crippen LogP contribution in [-0.2, 0) is 4.74 Å². The number of aromatic nitrogens is 3. The van der Waals surface area contributed by atoms with Gasteiger partial charge in [0.1, 0.15) is 5.65 Å². The van der Waals surface area contributed by atoms with E-state index >= 15 is 0 Å². The molecule has 2 aromatic heterocycles. The summed E-state index contributed by atoms with van der Waals surface area (Å²) in [6.07, 6.45) is 1.58. The van der Waals surface area contributed by atoms with Crippen LogP contribution in [0.4, 0.5) is 0 Å². The maximum Gasteiger partial charge on any atom is 0.340 e. The van der Waals surface area contributed by atoms with E-state index in [0.29, 0.717) is 38.6 Å². The Balaban J connectivity index is 1.92. The van der Waals surface area contributed by atoms with Crippen molar-refractivity contribution in [3.05, 3.63) is 81.6 Å². The van der Waals surface area contributed by atoms with Crippen molar-refractivity contribution in [2.75, 3.05) is 6.61 Å². The van der Waals surface area contributed by atoms with Crippen LogP contribution < -0.4 is 5.43 Å². The van der Waals surface area contributed by atoms with Crippen molar-refractivity contribution in [3.63, 3.8) is 0 Å². The van der Waals surface area contributed by atoms with Gasteiger partial charge in [0.15, 0.2) is 0 Å². The highest BCUT2D eigenvalue weighted by molar-refractivity contribution is 6.18. The zero-order chi connectivity index (χ0) is 21.7. The standard InChI is InChI=1S/C25H21N3O3/c1-4-31-25(30)21-17-9-7-5-6-8-16(17)20-22(21)27-24-18(23(20)29)13-26-28(24)19-11-10-14(2)12-15(19)3/h5-13H,4H2,1-3H3,(H,27,29). The van der Waals surface area contributed by atoms with Crippen molar-refractivity contribution in [1.82, 2.24) is 14.8 Å². The molecular formula is C25H21N3O3. The number of ether oxygens (including phenoxy) is 1. The van der Waals surface area contributed by atoms with Gasteiger partial charge in [-0.2, -0.15) is 5.10 Å². The molecule has 0 aliphatic heterocycles. The number of carbonyl (C=O) groups excluding carboxylic acids is 1. The number of fused-ring (bicyclic) bond motifs is 4. The largest absolute Gasteiger partial charge is 0.462 e. The molecule has 1 N–H and O–H groups in total. The summed E-state index contributed by atoms with van der Waals surface area (Å²) in [6.45, 7) is 6.05. The molecule has 0 spiro atoms. The van der Waals surface area contributed by atoms with Crippen LogP contribution in [0.3, 0.4) is 0 Å². The molecule has 2 heterocycles. The Bertz CT molecular complexity index is 1510. The first-order valence-electron chi connectivity index (χ1n) is 10.2. The topological polar surface area (TPSA) is 77.0 Å². The number of carbonyl (C=O) groups is 1. The van der Waals surface area contributed by atoms with Crippen LogP contribution in [0.15, 0.2) is 59.5 Å². The lowest BCUT2D eigenvalue weighted by Gasteiger charge is -2.09. The molecule has 6 heteroatoms. The van der Waals surface area contributed by atoms with E-state index in [-0.39, 0.29) is 12.0 Å². The first-order chi connectivity index (χ1) is 15.0. The van der Waals surface area contributed by atoms with E-state index in [4.69, 9.17) is 4.74 Å². The van der Waals surface area contributed by atoms with Crippen molar-refractivity contribution in [2.24, 2.45) is 0 Å². The van der Waals surface area contributed by atoms with Crippen LogP contribution in [0.25, 0.3) is 38.8 Å². The summed E-state index contributed by atoms with van der Waals surface area (Å²) in [7, 11) is 0. The van der Waals surface area contributed by atoms with Crippen molar-refractivity contribution < 1.29 is 9.53 Å². The van der Waals surface area contributed by atoms with Gasteiger partial charge in [0.2, 0.25) is 5.43 Å². The molecule has 31 heavy (non-hydrogen) atoms. The van der Waals surface area contributed by atoms with E-state index in [9.17, 15) is 9.59 Å². The molecule has 2 aliphatic carbocycles. The normalized spacial score (nSPS) is 11.5. The minimum Gasteiger partial charge on any atom is -0.462 e. The molecule has 0 bridgehead atoms. The molecule has 0 amide bonds. The van der Waals surface area contributed by atoms with E-state index < -0.39 is 5.97 Å². The first-order valence-corrected chi connectivity index (χ1v) is 10.2. The van der Waals surface area contributed by atoms with Crippen molar-refractivity contribution >= 4 is 27.9 Å². The summed E-state index contributed by atoms with van der Waals surface area (Å²) in [6, 6.07) is 15.3. The molecule has 0 saturated carbocycles. The molecule has 0 atom stereocenters. The molecular weight excluding hydrogens is 390 g/mol. The van der Waals surface area contributed by atoms with Gasteiger partial charge in [0.25, 0.3) is 0 Å². The second-order valence-corrected chi connectivity index (χ2v) is 7.65. The average Bonchev–Trinajstić information content (AvgIpc) is 3.19. The highest BCUT2D eigenvalue weighted by Crippen LogP contribution is 2.37. The van der Waals surface area contributed by atoms with Gasteiger partial charge in [0.05, 0.1) is 40.3 Å². The van der Waals surface area contributed by atoms with Gasteiger partial charge in [-0.15, -0.1) is 0 Å². The molecule has 1 aromatic carbocycles. The van der Waals surface area contributed by atoms with Gasteiger partial charge in [-0.05, 0) is 43.5 Å². The predicted molar refractivity (Wildman–Crippen MR) is 121 cm³/mol. The molecule has 5 rings (SSSR count). The summed E-state index contributed by atoms with van der Waals surface area (Å²) in [4.78, 5) is 29.8. The van der Waals surface area contributed by atoms with Gasteiger partial charge in [-0.3, -0.25) is 4.79 Å². The van der Waals surface area contributed by atoms with E-state index in [1.54, 1.807) is 17.8 Å². The molecule has 0 radical (unpaired) electrons. The average molecular weight is 411 g/mol. The van der Waals surface area contributed by atoms with Gasteiger partial charge in [-0.1, -0.05) is 48.0 Å². The maximum absolute atomic E-state index is 13.6. The van der Waals surface area contributed by atoms with Crippen molar-refractivity contribution in [3.8, 4) is 16.8 Å². The molecule has 0 saturated heterocycles. The summed E-state index contributed by atoms with van der Waals surface area (Å²) in [5.74, 6) is -0.457. The van der Waals surface area contributed by atoms with Gasteiger partial charge in [0, 0.05) is 0 Å². The number of pyridine rings is 1. The minimum atomic E-state index is -0.457. The number of hydrogen-bond acceptors (Lipinski definition) is 4. The Labute approximate surface area is 178 Å². The Morgan fingerprint density at radius 3 is 2.61 bits per heavy atom. The van der Waals surface area contributed by atoms with Crippen LogP contribution in [0.5, 0.6) is 0 Å². The number of benzene rings is 1. The fourth-order valence-electron chi connectivity index (χ4n) is 4.27. The Kier molecular flexibility index (Phi) is 4.36. The second-order valence-electron chi connectivity index (χ2n) is 7.65. The maximum atomic E-state index is 13.6. The van der Waals surface area contributed by atoms with Crippen LogP contribution in [0.2, 0.25) is 0 Å². The number of aryl methyl sites for hydroxylation is 2. The number of H-pyrrole nitrogens is 1. The number of hydrogen-bond donors (Lipinski definition) is 1. The van der Waals surface area contributed by atoms with Crippen molar-refractivity contribution in [1.29, 1.82) is 0 Å². The number of nitrogens with zero attached hydrogens (tertiary/aromatic N) is 2. The SMILES string of the molecule is CCOC(=O)c1c2cccccc-2c2c(=O)c3cnn(-c4ccc(C)cc4C)c3[nH]c12. The number of aromatic amines is 1. The Morgan fingerprint density at radius 1 is 1.10 bits per heavy atom. The Morgan fingerprint density at radius 2 is 1.87 bits per heavy atom. The molecule has 0 fully saturated rings. The first kappa shape index (κ1) is 19.1. The van der Waals surface area contributed by atoms with Crippen molar-refractivity contribution in [2.45, 2.75) is 20.8 Å². The lowest BCUT2D eigenvalue weighted by molar-refractivity contribution is 0.0529. The number of nitrogens with one attached hydrogen (secondary N) is 1. The summed E-state index contributed by atoms with van der Waals surface area (Å²) in [5, 5.41) is 5.44. The van der Waals surface area contributed by atoms with Gasteiger partial charge < -0.3 is 9.72 Å². The summed E-state index contributed by atoms with van der Waals surface area (Å²) in [5.41, 5.74) is 5.69. The van der Waals surface area contributed by atoms with Crippen LogP contribution >= 0.6 is 0 Å². The molecule has 2 aliphatic rings. The van der Waals surface area contributed by atoms with Gasteiger partial charge in [-0.25, -0.2) is 9.48 Å². The zero-order valence-electron chi connectivity index (χ0n) is 17.5. The fourth-order valence-corrected chi connectivity index (χ4v) is 4.27. The molecule has 3 aromatic rings.